The second-order valence-corrected chi connectivity index (χ2v) is 5.99. The number of halogens is 4. The van der Waals surface area contributed by atoms with Gasteiger partial charge in [-0.1, -0.05) is 0 Å². The Kier molecular flexibility index (Phi) is 6.45. The minimum absolute atomic E-state index is 0.0590. The van der Waals surface area contributed by atoms with E-state index in [9.17, 15) is 27.2 Å². The molecule has 0 saturated heterocycles. The van der Waals surface area contributed by atoms with Crippen molar-refractivity contribution in [3.05, 3.63) is 53.8 Å². The van der Waals surface area contributed by atoms with Gasteiger partial charge >= 0.3 is 12.2 Å². The van der Waals surface area contributed by atoms with E-state index in [-0.39, 0.29) is 5.69 Å². The van der Waals surface area contributed by atoms with E-state index in [0.29, 0.717) is 11.4 Å². The van der Waals surface area contributed by atoms with Crippen molar-refractivity contribution >= 4 is 29.0 Å². The third-order valence-electron chi connectivity index (χ3n) is 3.59. The molecule has 0 spiro atoms. The van der Waals surface area contributed by atoms with Crippen molar-refractivity contribution in [2.75, 3.05) is 36.2 Å². The van der Waals surface area contributed by atoms with Gasteiger partial charge in [0.25, 0.3) is 0 Å². The van der Waals surface area contributed by atoms with E-state index in [2.05, 4.69) is 16.0 Å². The molecule has 6 nitrogen and oxygen atoms in total. The van der Waals surface area contributed by atoms with Gasteiger partial charge in [-0.3, -0.25) is 4.79 Å². The van der Waals surface area contributed by atoms with Crippen molar-refractivity contribution in [2.24, 2.45) is 0 Å². The third kappa shape index (κ3) is 5.86. The monoisotopic (exact) mass is 398 g/mol. The molecule has 0 heterocycles. The maximum absolute atomic E-state index is 12.9. The second kappa shape index (κ2) is 8.59. The summed E-state index contributed by atoms with van der Waals surface area (Å²) in [7, 11) is 3.23. The molecule has 2 rings (SSSR count). The van der Waals surface area contributed by atoms with E-state index < -0.39 is 36.0 Å². The van der Waals surface area contributed by atoms with Crippen LogP contribution in [0.4, 0.5) is 39.4 Å². The fourth-order valence-corrected chi connectivity index (χ4v) is 2.27. The first kappa shape index (κ1) is 21.0. The number of hydrogen-bond acceptors (Lipinski definition) is 3. The number of carbonyl (C=O) groups is 2. The molecule has 2 aromatic carbocycles. The van der Waals surface area contributed by atoms with Crippen molar-refractivity contribution in [1.82, 2.24) is 5.32 Å². The summed E-state index contributed by atoms with van der Waals surface area (Å²) < 4.78 is 51.5. The van der Waals surface area contributed by atoms with Gasteiger partial charge in [0, 0.05) is 19.8 Å². The summed E-state index contributed by atoms with van der Waals surface area (Å²) in [5.41, 5.74) is -0.279. The lowest BCUT2D eigenvalue weighted by Gasteiger charge is -2.20. The number of carbonyl (C=O) groups excluding carboxylic acids is 2. The van der Waals surface area contributed by atoms with Crippen molar-refractivity contribution in [3.8, 4) is 0 Å². The van der Waals surface area contributed by atoms with Crippen LogP contribution in [-0.4, -0.2) is 32.6 Å². The Bertz CT molecular complexity index is 852. The number of rotatable bonds is 5. The second-order valence-electron chi connectivity index (χ2n) is 5.99. The van der Waals surface area contributed by atoms with Crippen LogP contribution in [0.5, 0.6) is 0 Å². The number of anilines is 3. The van der Waals surface area contributed by atoms with Crippen LogP contribution < -0.4 is 20.9 Å². The Balaban J connectivity index is 1.99. The van der Waals surface area contributed by atoms with E-state index in [4.69, 9.17) is 0 Å². The van der Waals surface area contributed by atoms with Gasteiger partial charge in [0.1, 0.15) is 5.82 Å². The summed E-state index contributed by atoms with van der Waals surface area (Å²) >= 11 is 0. The Morgan fingerprint density at radius 1 is 1.00 bits per heavy atom. The van der Waals surface area contributed by atoms with E-state index in [1.807, 2.05) is 0 Å². The molecule has 0 aliphatic heterocycles. The topological polar surface area (TPSA) is 73.5 Å². The van der Waals surface area contributed by atoms with E-state index in [0.717, 1.165) is 24.3 Å². The number of nitrogens with zero attached hydrogens (tertiary/aromatic N) is 1. The van der Waals surface area contributed by atoms with Gasteiger partial charge in [0.05, 0.1) is 23.5 Å². The van der Waals surface area contributed by atoms with E-state index in [1.165, 1.54) is 23.1 Å². The van der Waals surface area contributed by atoms with Gasteiger partial charge in [-0.05, 0) is 42.5 Å². The highest BCUT2D eigenvalue weighted by atomic mass is 19.4. The lowest BCUT2D eigenvalue weighted by atomic mass is 10.1. The smallest absolute Gasteiger partial charge is 0.376 e. The molecule has 0 aliphatic carbocycles. The van der Waals surface area contributed by atoms with E-state index >= 15 is 0 Å². The number of amides is 3. The number of benzene rings is 2. The Morgan fingerprint density at radius 2 is 1.64 bits per heavy atom. The molecule has 0 saturated carbocycles. The maximum atomic E-state index is 12.9. The molecular weight excluding hydrogens is 380 g/mol. The van der Waals surface area contributed by atoms with Crippen LogP contribution >= 0.6 is 0 Å². The summed E-state index contributed by atoms with van der Waals surface area (Å²) in [6, 6.07) is 7.12. The summed E-state index contributed by atoms with van der Waals surface area (Å²) in [6.07, 6.45) is -4.56. The fourth-order valence-electron chi connectivity index (χ4n) is 2.27. The van der Waals surface area contributed by atoms with Crippen molar-refractivity contribution in [3.63, 3.8) is 0 Å². The molecule has 0 bridgehead atoms. The summed E-state index contributed by atoms with van der Waals surface area (Å²) in [4.78, 5) is 25.3. The molecule has 28 heavy (non-hydrogen) atoms. The zero-order valence-corrected chi connectivity index (χ0v) is 15.0. The Labute approximate surface area is 158 Å². The first-order chi connectivity index (χ1) is 13.1. The first-order valence-electron chi connectivity index (χ1n) is 8.05. The lowest BCUT2D eigenvalue weighted by Crippen LogP contribution is -2.36. The number of alkyl halides is 3. The van der Waals surface area contributed by atoms with Gasteiger partial charge in [-0.25, -0.2) is 9.18 Å². The van der Waals surface area contributed by atoms with Crippen molar-refractivity contribution in [2.45, 2.75) is 6.18 Å². The largest absolute Gasteiger partial charge is 0.416 e. The van der Waals surface area contributed by atoms with Crippen LogP contribution in [0.3, 0.4) is 0 Å². The predicted molar refractivity (Wildman–Crippen MR) is 97.8 cm³/mol. The molecule has 0 aromatic heterocycles. The molecule has 3 amide bonds. The summed E-state index contributed by atoms with van der Waals surface area (Å²) in [6.45, 7) is -0.431. The van der Waals surface area contributed by atoms with Crippen LogP contribution in [0.15, 0.2) is 42.5 Å². The van der Waals surface area contributed by atoms with Crippen LogP contribution in [0.1, 0.15) is 5.56 Å². The normalized spacial score (nSPS) is 10.9. The number of hydrogen-bond donors (Lipinski definition) is 3. The highest BCUT2D eigenvalue weighted by Crippen LogP contribution is 2.34. The fraction of sp³-hybridized carbons (Fsp3) is 0.222. The standard InChI is InChI=1S/C18H18F4N4O2/c1-26(2)15-8-3-11(18(20,21)22)9-14(15)25-17(28)23-10-16(27)24-13-6-4-12(19)5-7-13/h3-9H,10H2,1-2H3,(H,24,27)(H2,23,25,28). The average Bonchev–Trinajstić information content (AvgIpc) is 2.61. The number of urea groups is 1. The Hall–Kier alpha value is -3.30. The quantitative estimate of drug-likeness (QED) is 0.673. The van der Waals surface area contributed by atoms with Gasteiger partial charge in [-0.15, -0.1) is 0 Å². The van der Waals surface area contributed by atoms with Gasteiger partial charge < -0.3 is 20.9 Å². The van der Waals surface area contributed by atoms with Crippen LogP contribution in [0.2, 0.25) is 0 Å². The number of nitrogens with one attached hydrogen (secondary N) is 3. The lowest BCUT2D eigenvalue weighted by molar-refractivity contribution is -0.137. The summed E-state index contributed by atoms with van der Waals surface area (Å²) in [5, 5.41) is 7.00. The molecule has 2 aromatic rings. The van der Waals surface area contributed by atoms with Crippen LogP contribution in [-0.2, 0) is 11.0 Å². The van der Waals surface area contributed by atoms with Crippen LogP contribution in [0, 0.1) is 5.82 Å². The average molecular weight is 398 g/mol. The predicted octanol–water partition coefficient (Wildman–Crippen LogP) is 3.67. The first-order valence-corrected chi connectivity index (χ1v) is 8.05. The van der Waals surface area contributed by atoms with Crippen LogP contribution in [0.25, 0.3) is 0 Å². The highest BCUT2D eigenvalue weighted by molar-refractivity contribution is 5.98. The van der Waals surface area contributed by atoms with Crippen molar-refractivity contribution in [1.29, 1.82) is 0 Å². The highest BCUT2D eigenvalue weighted by Gasteiger charge is 2.31. The SMILES string of the molecule is CN(C)c1ccc(C(F)(F)F)cc1NC(=O)NCC(=O)Nc1ccc(F)cc1. The molecule has 0 aliphatic rings. The molecule has 0 radical (unpaired) electrons. The molecule has 0 atom stereocenters. The zero-order chi connectivity index (χ0) is 20.9. The minimum Gasteiger partial charge on any atom is -0.376 e. The zero-order valence-electron chi connectivity index (χ0n) is 15.0. The van der Waals surface area contributed by atoms with Gasteiger partial charge in [-0.2, -0.15) is 13.2 Å². The molecule has 3 N–H and O–H groups in total. The summed E-state index contributed by atoms with van der Waals surface area (Å²) in [5.74, 6) is -1.05. The van der Waals surface area contributed by atoms with E-state index in [1.54, 1.807) is 14.1 Å². The maximum Gasteiger partial charge on any atom is 0.416 e. The molecule has 0 fully saturated rings. The molecule has 150 valence electrons. The minimum atomic E-state index is -4.56. The van der Waals surface area contributed by atoms with Crippen molar-refractivity contribution < 1.29 is 27.2 Å². The third-order valence-corrected chi connectivity index (χ3v) is 3.59. The van der Waals surface area contributed by atoms with Gasteiger partial charge in [0.15, 0.2) is 0 Å². The van der Waals surface area contributed by atoms with Gasteiger partial charge in [0.2, 0.25) is 5.91 Å². The molecule has 10 heteroatoms. The molecular formula is C18H18F4N4O2. The molecule has 0 unspecified atom stereocenters. The Morgan fingerprint density at radius 3 is 2.21 bits per heavy atom.